The van der Waals surface area contributed by atoms with Crippen molar-refractivity contribution in [1.29, 1.82) is 0 Å². The molecule has 0 aliphatic rings. The first-order valence-corrected chi connectivity index (χ1v) is 6.85. The molecular formula is C12H11NO2S2. The number of thioether (sulfide) groups is 1. The van der Waals surface area contributed by atoms with Crippen molar-refractivity contribution < 1.29 is 9.53 Å². The monoisotopic (exact) mass is 265 g/mol. The lowest BCUT2D eigenvalue weighted by Crippen LogP contribution is -2.00. The number of esters is 1. The first kappa shape index (κ1) is 12.1. The Morgan fingerprint density at radius 3 is 2.88 bits per heavy atom. The molecule has 0 amide bonds. The highest BCUT2D eigenvalue weighted by molar-refractivity contribution is 8.00. The lowest BCUT2D eigenvalue weighted by molar-refractivity contribution is 0.0598. The average Bonchev–Trinajstić information content (AvgIpc) is 2.85. The van der Waals surface area contributed by atoms with Crippen molar-refractivity contribution in [3.05, 3.63) is 47.1 Å². The van der Waals surface area contributed by atoms with Crippen LogP contribution in [0.5, 0.6) is 0 Å². The molecule has 17 heavy (non-hydrogen) atoms. The Bertz CT molecular complexity index is 496. The summed E-state index contributed by atoms with van der Waals surface area (Å²) in [5.41, 5.74) is 1.84. The van der Waals surface area contributed by atoms with Crippen LogP contribution in [0.25, 0.3) is 0 Å². The molecule has 0 fully saturated rings. The Kier molecular flexibility index (Phi) is 4.17. The van der Waals surface area contributed by atoms with Gasteiger partial charge in [0.1, 0.15) is 0 Å². The van der Waals surface area contributed by atoms with Crippen molar-refractivity contribution in [2.24, 2.45) is 0 Å². The van der Waals surface area contributed by atoms with Crippen LogP contribution in [-0.4, -0.2) is 18.1 Å². The molecule has 2 aromatic rings. The molecule has 0 aromatic carbocycles. The third-order valence-corrected chi connectivity index (χ3v) is 4.46. The number of aromatic nitrogens is 1. The summed E-state index contributed by atoms with van der Waals surface area (Å²) in [4.78, 5) is 15.4. The van der Waals surface area contributed by atoms with E-state index >= 15 is 0 Å². The number of carbonyl (C=O) groups is 1. The molecule has 0 spiro atoms. The zero-order chi connectivity index (χ0) is 12.1. The van der Waals surface area contributed by atoms with Gasteiger partial charge in [-0.3, -0.25) is 4.98 Å². The van der Waals surface area contributed by atoms with Gasteiger partial charge in [0.15, 0.2) is 0 Å². The van der Waals surface area contributed by atoms with E-state index in [0.717, 1.165) is 9.96 Å². The van der Waals surface area contributed by atoms with Gasteiger partial charge in [0.05, 0.1) is 16.9 Å². The quantitative estimate of drug-likeness (QED) is 0.628. The maximum Gasteiger partial charge on any atom is 0.339 e. The molecule has 2 heterocycles. The van der Waals surface area contributed by atoms with E-state index in [0.29, 0.717) is 5.56 Å². The highest BCUT2D eigenvalue weighted by Gasteiger charge is 2.13. The van der Waals surface area contributed by atoms with Gasteiger partial charge in [-0.25, -0.2) is 4.79 Å². The number of carbonyl (C=O) groups excluding carboxylic acids is 1. The fourth-order valence-electron chi connectivity index (χ4n) is 1.30. The zero-order valence-electron chi connectivity index (χ0n) is 9.25. The number of nitrogens with zero attached hydrogens (tertiary/aromatic N) is 1. The molecule has 0 N–H and O–H groups in total. The van der Waals surface area contributed by atoms with Crippen LogP contribution in [0, 0.1) is 0 Å². The second-order valence-electron chi connectivity index (χ2n) is 3.26. The van der Waals surface area contributed by atoms with Gasteiger partial charge >= 0.3 is 5.97 Å². The van der Waals surface area contributed by atoms with Gasteiger partial charge in [0, 0.05) is 18.1 Å². The molecule has 0 saturated carbocycles. The van der Waals surface area contributed by atoms with Gasteiger partial charge in [0.2, 0.25) is 0 Å². The predicted octanol–water partition coefficient (Wildman–Crippen LogP) is 3.22. The molecule has 0 aliphatic heterocycles. The van der Waals surface area contributed by atoms with E-state index in [-0.39, 0.29) is 5.97 Å². The molecule has 0 radical (unpaired) electrons. The topological polar surface area (TPSA) is 39.2 Å². The summed E-state index contributed by atoms with van der Waals surface area (Å²) in [6.07, 6.45) is 3.54. The first-order valence-electron chi connectivity index (χ1n) is 4.99. The Morgan fingerprint density at radius 1 is 1.41 bits per heavy atom. The second-order valence-corrected chi connectivity index (χ2v) is 5.42. The van der Waals surface area contributed by atoms with Gasteiger partial charge < -0.3 is 4.74 Å². The summed E-state index contributed by atoms with van der Waals surface area (Å²) in [6, 6.07) is 5.74. The maximum absolute atomic E-state index is 11.5. The summed E-state index contributed by atoms with van der Waals surface area (Å²) in [6.45, 7) is 0. The summed E-state index contributed by atoms with van der Waals surface area (Å²) in [5.74, 6) is 0.552. The normalized spacial score (nSPS) is 10.2. The number of hydrogen-bond acceptors (Lipinski definition) is 5. The van der Waals surface area contributed by atoms with Crippen molar-refractivity contribution in [3.8, 4) is 0 Å². The van der Waals surface area contributed by atoms with Crippen LogP contribution in [-0.2, 0) is 10.5 Å². The summed E-state index contributed by atoms with van der Waals surface area (Å²) >= 11 is 3.20. The predicted molar refractivity (Wildman–Crippen MR) is 69.5 cm³/mol. The lowest BCUT2D eigenvalue weighted by Gasteiger charge is -2.02. The molecule has 0 saturated heterocycles. The van der Waals surface area contributed by atoms with Crippen LogP contribution in [0.2, 0.25) is 0 Å². The third kappa shape index (κ3) is 3.08. The first-order chi connectivity index (χ1) is 8.31. The van der Waals surface area contributed by atoms with E-state index in [4.69, 9.17) is 4.74 Å². The molecule has 0 aliphatic carbocycles. The van der Waals surface area contributed by atoms with Crippen molar-refractivity contribution in [2.45, 2.75) is 9.96 Å². The average molecular weight is 265 g/mol. The Hall–Kier alpha value is -1.33. The van der Waals surface area contributed by atoms with Crippen LogP contribution < -0.4 is 0 Å². The number of rotatable bonds is 4. The number of methoxy groups -OCH3 is 1. The van der Waals surface area contributed by atoms with Gasteiger partial charge in [-0.2, -0.15) is 0 Å². The minimum atomic E-state index is -0.275. The molecule has 0 unspecified atom stereocenters. The highest BCUT2D eigenvalue weighted by atomic mass is 32.2. The minimum absolute atomic E-state index is 0.275. The SMILES string of the molecule is COC(=O)c1ccsc1SCc1ccncc1. The van der Waals surface area contributed by atoms with E-state index in [1.54, 1.807) is 41.6 Å². The molecule has 2 aromatic heterocycles. The molecule has 3 nitrogen and oxygen atoms in total. The molecule has 88 valence electrons. The maximum atomic E-state index is 11.5. The fraction of sp³-hybridized carbons (Fsp3) is 0.167. The number of ether oxygens (including phenoxy) is 1. The van der Waals surface area contributed by atoms with Crippen molar-refractivity contribution in [1.82, 2.24) is 4.98 Å². The highest BCUT2D eigenvalue weighted by Crippen LogP contribution is 2.31. The summed E-state index contributed by atoms with van der Waals surface area (Å²) in [5, 5.41) is 1.90. The number of pyridine rings is 1. The van der Waals surface area contributed by atoms with E-state index in [1.165, 1.54) is 12.7 Å². The van der Waals surface area contributed by atoms with Crippen LogP contribution >= 0.6 is 23.1 Å². The van der Waals surface area contributed by atoms with Crippen LogP contribution in [0.15, 0.2) is 40.2 Å². The smallest absolute Gasteiger partial charge is 0.339 e. The minimum Gasteiger partial charge on any atom is -0.465 e. The second kappa shape index (κ2) is 5.84. The Labute approximate surface area is 108 Å². The summed E-state index contributed by atoms with van der Waals surface area (Å²) in [7, 11) is 1.40. The van der Waals surface area contributed by atoms with Crippen molar-refractivity contribution in [2.75, 3.05) is 7.11 Å². The van der Waals surface area contributed by atoms with Crippen molar-refractivity contribution >= 4 is 29.1 Å². The summed E-state index contributed by atoms with van der Waals surface area (Å²) < 4.78 is 5.73. The standard InChI is InChI=1S/C12H11NO2S2/c1-15-11(14)10-4-7-16-12(10)17-8-9-2-5-13-6-3-9/h2-7H,8H2,1H3. The van der Waals surface area contributed by atoms with Gasteiger partial charge in [-0.05, 0) is 29.1 Å². The molecule has 0 atom stereocenters. The van der Waals surface area contributed by atoms with Crippen LogP contribution in [0.4, 0.5) is 0 Å². The van der Waals surface area contributed by atoms with Gasteiger partial charge in [0.25, 0.3) is 0 Å². The molecule has 0 bridgehead atoms. The molecule has 5 heteroatoms. The number of thiophene rings is 1. The van der Waals surface area contributed by atoms with Crippen molar-refractivity contribution in [3.63, 3.8) is 0 Å². The van der Waals surface area contributed by atoms with Crippen LogP contribution in [0.1, 0.15) is 15.9 Å². The van der Waals surface area contributed by atoms with Gasteiger partial charge in [-0.1, -0.05) is 0 Å². The Balaban J connectivity index is 2.05. The zero-order valence-corrected chi connectivity index (χ0v) is 10.9. The third-order valence-electron chi connectivity index (χ3n) is 2.15. The van der Waals surface area contributed by atoms with E-state index < -0.39 is 0 Å². The number of hydrogen-bond donors (Lipinski definition) is 0. The van der Waals surface area contributed by atoms with E-state index in [9.17, 15) is 4.79 Å². The van der Waals surface area contributed by atoms with E-state index in [1.807, 2.05) is 17.5 Å². The van der Waals surface area contributed by atoms with Crippen LogP contribution in [0.3, 0.4) is 0 Å². The lowest BCUT2D eigenvalue weighted by atomic mass is 10.3. The fourth-order valence-corrected chi connectivity index (χ4v) is 3.32. The van der Waals surface area contributed by atoms with E-state index in [2.05, 4.69) is 4.98 Å². The Morgan fingerprint density at radius 2 is 2.18 bits per heavy atom. The van der Waals surface area contributed by atoms with Gasteiger partial charge in [-0.15, -0.1) is 23.1 Å². The largest absolute Gasteiger partial charge is 0.465 e. The molecular weight excluding hydrogens is 254 g/mol. The molecule has 2 rings (SSSR count).